The van der Waals surface area contributed by atoms with Crippen molar-refractivity contribution in [3.63, 3.8) is 0 Å². The van der Waals surface area contributed by atoms with Crippen LogP contribution in [0.1, 0.15) is 32.3 Å². The molecule has 0 saturated heterocycles. The maximum Gasteiger partial charge on any atom is 0.414 e. The van der Waals surface area contributed by atoms with Crippen LogP contribution in [0, 0.1) is 23.0 Å². The van der Waals surface area contributed by atoms with Crippen molar-refractivity contribution in [2.45, 2.75) is 26.7 Å². The number of alkyl carbamates (subject to hydrolysis) is 1. The molecule has 174 valence electrons. The van der Waals surface area contributed by atoms with E-state index < -0.39 is 35.1 Å². The average Bonchev–Trinajstić information content (AvgIpc) is 2.76. The summed E-state index contributed by atoms with van der Waals surface area (Å²) in [5, 5.41) is 14.2. The number of benzene rings is 1. The standard InChI is InChI=1S/C21H21F2N5O5/c1-5-32-21(30)26-19(29)17(9-24)28-27-12-6-15(22)18(16(23)7-12)33-13-8-14(11(2)3)20(31-4)25-10-13/h6-8,10-11,27H,5H2,1-4H3,(H,26,29,30)/b28-17-. The van der Waals surface area contributed by atoms with E-state index in [0.717, 1.165) is 12.1 Å². The summed E-state index contributed by atoms with van der Waals surface area (Å²) < 4.78 is 44.1. The molecule has 2 N–H and O–H groups in total. The Labute approximate surface area is 188 Å². The lowest BCUT2D eigenvalue weighted by Crippen LogP contribution is -2.36. The molecule has 0 atom stereocenters. The van der Waals surface area contributed by atoms with Crippen LogP contribution >= 0.6 is 0 Å². The number of imide groups is 1. The molecule has 1 aromatic heterocycles. The van der Waals surface area contributed by atoms with Crippen molar-refractivity contribution in [1.29, 1.82) is 5.26 Å². The van der Waals surface area contributed by atoms with E-state index in [2.05, 4.69) is 20.2 Å². The van der Waals surface area contributed by atoms with E-state index in [-0.39, 0.29) is 24.0 Å². The van der Waals surface area contributed by atoms with Crippen molar-refractivity contribution in [2.24, 2.45) is 5.10 Å². The number of nitriles is 1. The molecule has 10 nitrogen and oxygen atoms in total. The molecule has 0 saturated carbocycles. The van der Waals surface area contributed by atoms with Crippen LogP contribution in [0.25, 0.3) is 0 Å². The molecule has 2 aromatic rings. The first kappa shape index (κ1) is 25.0. The molecule has 33 heavy (non-hydrogen) atoms. The number of ether oxygens (including phenoxy) is 3. The number of carbonyl (C=O) groups excluding carboxylic acids is 2. The van der Waals surface area contributed by atoms with Gasteiger partial charge in [-0.2, -0.15) is 10.4 Å². The van der Waals surface area contributed by atoms with Gasteiger partial charge in [0.2, 0.25) is 11.6 Å². The minimum absolute atomic E-state index is 0.00867. The fraction of sp³-hybridized carbons (Fsp3) is 0.286. The zero-order valence-corrected chi connectivity index (χ0v) is 18.2. The fourth-order valence-corrected chi connectivity index (χ4v) is 2.49. The largest absolute Gasteiger partial charge is 0.481 e. The first-order chi connectivity index (χ1) is 15.7. The van der Waals surface area contributed by atoms with Crippen LogP contribution < -0.4 is 20.2 Å². The second-order valence-electron chi connectivity index (χ2n) is 6.65. The van der Waals surface area contributed by atoms with Gasteiger partial charge in [0.05, 0.1) is 25.6 Å². The Morgan fingerprint density at radius 1 is 1.24 bits per heavy atom. The summed E-state index contributed by atoms with van der Waals surface area (Å²) in [7, 11) is 1.46. The van der Waals surface area contributed by atoms with Crippen molar-refractivity contribution < 1.29 is 32.6 Å². The van der Waals surface area contributed by atoms with Crippen molar-refractivity contribution in [1.82, 2.24) is 10.3 Å². The molecule has 2 rings (SSSR count). The molecule has 0 spiro atoms. The van der Waals surface area contributed by atoms with E-state index in [9.17, 15) is 18.4 Å². The monoisotopic (exact) mass is 461 g/mol. The number of nitrogens with zero attached hydrogens (tertiary/aromatic N) is 3. The molecule has 0 radical (unpaired) electrons. The smallest absolute Gasteiger partial charge is 0.414 e. The molecule has 0 unspecified atom stereocenters. The molecule has 0 aliphatic heterocycles. The van der Waals surface area contributed by atoms with Gasteiger partial charge in [0.1, 0.15) is 11.8 Å². The Hall–Kier alpha value is -4.27. The summed E-state index contributed by atoms with van der Waals surface area (Å²) in [6.45, 7) is 5.33. The van der Waals surface area contributed by atoms with Crippen molar-refractivity contribution in [2.75, 3.05) is 19.1 Å². The highest BCUT2D eigenvalue weighted by molar-refractivity contribution is 6.46. The van der Waals surface area contributed by atoms with Gasteiger partial charge in [0.25, 0.3) is 5.91 Å². The topological polar surface area (TPSA) is 135 Å². The third-order valence-electron chi connectivity index (χ3n) is 4.00. The second-order valence-corrected chi connectivity index (χ2v) is 6.65. The lowest BCUT2D eigenvalue weighted by atomic mass is 10.1. The van der Waals surface area contributed by atoms with Gasteiger partial charge in [-0.25, -0.2) is 18.6 Å². The number of rotatable bonds is 8. The van der Waals surface area contributed by atoms with Crippen LogP contribution in [0.4, 0.5) is 19.3 Å². The number of amides is 2. The van der Waals surface area contributed by atoms with Crippen LogP contribution in [0.3, 0.4) is 0 Å². The van der Waals surface area contributed by atoms with Crippen LogP contribution in [0.2, 0.25) is 0 Å². The summed E-state index contributed by atoms with van der Waals surface area (Å²) in [5.41, 5.74) is 1.88. The number of anilines is 1. The maximum atomic E-state index is 14.5. The Morgan fingerprint density at radius 2 is 1.91 bits per heavy atom. The van der Waals surface area contributed by atoms with E-state index in [1.807, 2.05) is 13.8 Å². The number of halogens is 2. The number of hydrazone groups is 1. The van der Waals surface area contributed by atoms with Gasteiger partial charge in [-0.3, -0.25) is 15.5 Å². The highest BCUT2D eigenvalue weighted by Gasteiger charge is 2.18. The van der Waals surface area contributed by atoms with Gasteiger partial charge in [0.15, 0.2) is 17.4 Å². The zero-order chi connectivity index (χ0) is 24.5. The number of hydrogen-bond acceptors (Lipinski definition) is 9. The fourth-order valence-electron chi connectivity index (χ4n) is 2.49. The van der Waals surface area contributed by atoms with Crippen LogP contribution in [0.15, 0.2) is 29.5 Å². The lowest BCUT2D eigenvalue weighted by molar-refractivity contribution is -0.114. The summed E-state index contributed by atoms with van der Waals surface area (Å²) in [6.07, 6.45) is 0.194. The number of aromatic nitrogens is 1. The summed E-state index contributed by atoms with van der Waals surface area (Å²) in [5.74, 6) is -3.52. The molecular weight excluding hydrogens is 440 g/mol. The molecule has 1 heterocycles. The van der Waals surface area contributed by atoms with Gasteiger partial charge in [-0.1, -0.05) is 13.8 Å². The molecule has 1 aromatic carbocycles. The highest BCUT2D eigenvalue weighted by Crippen LogP contribution is 2.33. The molecule has 0 aliphatic rings. The summed E-state index contributed by atoms with van der Waals surface area (Å²) >= 11 is 0. The lowest BCUT2D eigenvalue weighted by Gasteiger charge is -2.14. The Kier molecular flexibility index (Phi) is 8.62. The van der Waals surface area contributed by atoms with Crippen LogP contribution in [-0.4, -0.2) is 36.4 Å². The Morgan fingerprint density at radius 3 is 2.45 bits per heavy atom. The first-order valence-corrected chi connectivity index (χ1v) is 9.62. The molecular formula is C21H21F2N5O5. The minimum Gasteiger partial charge on any atom is -0.481 e. The molecule has 0 fully saturated rings. The SMILES string of the molecule is CCOC(=O)NC(=O)/C(C#N)=N\Nc1cc(F)c(Oc2cnc(OC)c(C(C)C)c2)c(F)c1. The number of pyridine rings is 1. The van der Waals surface area contributed by atoms with Gasteiger partial charge in [-0.15, -0.1) is 0 Å². The Bertz CT molecular complexity index is 1090. The first-order valence-electron chi connectivity index (χ1n) is 9.62. The van der Waals surface area contributed by atoms with E-state index in [1.54, 1.807) is 11.4 Å². The maximum absolute atomic E-state index is 14.5. The number of carbonyl (C=O) groups is 2. The zero-order valence-electron chi connectivity index (χ0n) is 18.2. The normalized spacial score (nSPS) is 10.9. The second kappa shape index (κ2) is 11.4. The molecule has 12 heteroatoms. The Balaban J connectivity index is 2.21. The third kappa shape index (κ3) is 6.60. The minimum atomic E-state index is -1.16. The predicted molar refractivity (Wildman–Crippen MR) is 113 cm³/mol. The number of nitrogens with one attached hydrogen (secondary N) is 2. The van der Waals surface area contributed by atoms with Gasteiger partial charge in [-0.05, 0) is 18.9 Å². The van der Waals surface area contributed by atoms with E-state index >= 15 is 0 Å². The molecule has 2 amide bonds. The van der Waals surface area contributed by atoms with E-state index in [4.69, 9.17) is 14.7 Å². The third-order valence-corrected chi connectivity index (χ3v) is 4.00. The highest BCUT2D eigenvalue weighted by atomic mass is 19.1. The van der Waals surface area contributed by atoms with Crippen LogP contribution in [0.5, 0.6) is 17.4 Å². The molecule has 0 bridgehead atoms. The van der Waals surface area contributed by atoms with Crippen molar-refractivity contribution in [3.8, 4) is 23.4 Å². The average molecular weight is 461 g/mol. The number of hydrogen-bond donors (Lipinski definition) is 2. The summed E-state index contributed by atoms with van der Waals surface area (Å²) in [4.78, 5) is 27.1. The van der Waals surface area contributed by atoms with Gasteiger partial charge >= 0.3 is 6.09 Å². The van der Waals surface area contributed by atoms with Crippen LogP contribution in [-0.2, 0) is 9.53 Å². The van der Waals surface area contributed by atoms with E-state index in [1.165, 1.54) is 26.3 Å². The van der Waals surface area contributed by atoms with Gasteiger partial charge in [0, 0.05) is 17.7 Å². The van der Waals surface area contributed by atoms with Crippen molar-refractivity contribution >= 4 is 23.4 Å². The van der Waals surface area contributed by atoms with Crippen molar-refractivity contribution in [3.05, 3.63) is 41.6 Å². The predicted octanol–water partition coefficient (Wildman–Crippen LogP) is 3.85. The summed E-state index contributed by atoms with van der Waals surface area (Å²) in [6, 6.07) is 4.71. The quantitative estimate of drug-likeness (QED) is 0.447. The molecule has 0 aliphatic carbocycles. The van der Waals surface area contributed by atoms with E-state index in [0.29, 0.717) is 11.4 Å². The van der Waals surface area contributed by atoms with Gasteiger partial charge < -0.3 is 14.2 Å². The number of methoxy groups -OCH3 is 1.